The molecule has 1 N–H and O–H groups in total. The van der Waals surface area contributed by atoms with Crippen LogP contribution in [0, 0.1) is 6.92 Å². The van der Waals surface area contributed by atoms with Crippen LogP contribution in [0.3, 0.4) is 0 Å². The van der Waals surface area contributed by atoms with Crippen LogP contribution in [0.4, 0.5) is 5.69 Å². The average molecular weight is 391 g/mol. The summed E-state index contributed by atoms with van der Waals surface area (Å²) < 4.78 is 5.64. The standard InChI is InChI=1S/C25H30N2O2/c1-18-12-13-22-20(17-29-24(22)14-18)15-25(28)26-23-11-7-6-8-19(23)16-27(2)21-9-4-3-5-10-21/h6-8,11-14,17,21H,3-5,9-10,15-16H2,1-2H3,(H,26,28). The summed E-state index contributed by atoms with van der Waals surface area (Å²) in [6.45, 7) is 2.89. The average Bonchev–Trinajstić information content (AvgIpc) is 3.11. The van der Waals surface area contributed by atoms with E-state index < -0.39 is 0 Å². The maximum Gasteiger partial charge on any atom is 0.228 e. The highest BCUT2D eigenvalue weighted by Crippen LogP contribution is 2.26. The predicted molar refractivity (Wildman–Crippen MR) is 118 cm³/mol. The van der Waals surface area contributed by atoms with E-state index in [2.05, 4.69) is 29.4 Å². The lowest BCUT2D eigenvalue weighted by atomic mass is 9.94. The Hall–Kier alpha value is -2.59. The lowest BCUT2D eigenvalue weighted by Crippen LogP contribution is -2.33. The molecule has 1 aliphatic rings. The van der Waals surface area contributed by atoms with E-state index in [-0.39, 0.29) is 5.91 Å². The van der Waals surface area contributed by atoms with Crippen molar-refractivity contribution < 1.29 is 9.21 Å². The number of benzene rings is 2. The molecule has 0 saturated heterocycles. The van der Waals surface area contributed by atoms with Crippen LogP contribution >= 0.6 is 0 Å². The Labute approximate surface area is 172 Å². The molecule has 1 amide bonds. The number of fused-ring (bicyclic) bond motifs is 1. The molecule has 0 atom stereocenters. The maximum absolute atomic E-state index is 12.8. The quantitative estimate of drug-likeness (QED) is 0.588. The largest absolute Gasteiger partial charge is 0.464 e. The maximum atomic E-state index is 12.8. The van der Waals surface area contributed by atoms with E-state index in [1.165, 1.54) is 37.7 Å². The van der Waals surface area contributed by atoms with Gasteiger partial charge in [0.15, 0.2) is 0 Å². The second kappa shape index (κ2) is 8.83. The number of carbonyl (C=O) groups is 1. The van der Waals surface area contributed by atoms with Gasteiger partial charge in [-0.3, -0.25) is 9.69 Å². The van der Waals surface area contributed by atoms with Gasteiger partial charge < -0.3 is 9.73 Å². The first-order valence-corrected chi connectivity index (χ1v) is 10.6. The zero-order chi connectivity index (χ0) is 20.2. The number of hydrogen-bond donors (Lipinski definition) is 1. The lowest BCUT2D eigenvalue weighted by molar-refractivity contribution is -0.115. The van der Waals surface area contributed by atoms with Gasteiger partial charge in [-0.05, 0) is 50.1 Å². The lowest BCUT2D eigenvalue weighted by Gasteiger charge is -2.31. The Balaban J connectivity index is 1.44. The summed E-state index contributed by atoms with van der Waals surface area (Å²) >= 11 is 0. The highest BCUT2D eigenvalue weighted by atomic mass is 16.3. The summed E-state index contributed by atoms with van der Waals surface area (Å²) in [5.74, 6) is -0.0129. The van der Waals surface area contributed by atoms with Gasteiger partial charge in [0.2, 0.25) is 5.91 Å². The molecule has 1 heterocycles. The number of aryl methyl sites for hydroxylation is 1. The van der Waals surface area contributed by atoms with Crippen LogP contribution in [0.25, 0.3) is 11.0 Å². The number of hydrogen-bond acceptors (Lipinski definition) is 3. The van der Waals surface area contributed by atoms with E-state index in [4.69, 9.17) is 4.42 Å². The van der Waals surface area contributed by atoms with Gasteiger partial charge in [0, 0.05) is 29.2 Å². The van der Waals surface area contributed by atoms with Crippen molar-refractivity contribution in [2.75, 3.05) is 12.4 Å². The third-order valence-corrected chi connectivity index (χ3v) is 6.07. The van der Waals surface area contributed by atoms with Gasteiger partial charge in [-0.25, -0.2) is 0 Å². The molecular formula is C25H30N2O2. The summed E-state index contributed by atoms with van der Waals surface area (Å²) in [6.07, 6.45) is 8.57. The molecule has 2 aromatic carbocycles. The van der Waals surface area contributed by atoms with Crippen LogP contribution in [0.2, 0.25) is 0 Å². The predicted octanol–water partition coefficient (Wildman–Crippen LogP) is 5.69. The van der Waals surface area contributed by atoms with Crippen molar-refractivity contribution in [3.63, 3.8) is 0 Å². The number of amides is 1. The fraction of sp³-hybridized carbons (Fsp3) is 0.400. The van der Waals surface area contributed by atoms with Crippen molar-refractivity contribution in [2.45, 2.75) is 58.0 Å². The summed E-state index contributed by atoms with van der Waals surface area (Å²) in [4.78, 5) is 15.2. The zero-order valence-corrected chi connectivity index (χ0v) is 17.4. The first kappa shape index (κ1) is 19.7. The third-order valence-electron chi connectivity index (χ3n) is 6.07. The number of furan rings is 1. The molecule has 0 unspecified atom stereocenters. The van der Waals surface area contributed by atoms with E-state index in [0.29, 0.717) is 12.5 Å². The van der Waals surface area contributed by atoms with Gasteiger partial charge in [0.25, 0.3) is 0 Å². The van der Waals surface area contributed by atoms with Gasteiger partial charge in [0.05, 0.1) is 12.7 Å². The van der Waals surface area contributed by atoms with Gasteiger partial charge in [-0.1, -0.05) is 49.6 Å². The summed E-state index contributed by atoms with van der Waals surface area (Å²) in [5, 5.41) is 4.14. The molecule has 0 bridgehead atoms. The highest BCUT2D eigenvalue weighted by molar-refractivity contribution is 5.95. The zero-order valence-electron chi connectivity index (χ0n) is 17.4. The van der Waals surface area contributed by atoms with Gasteiger partial charge >= 0.3 is 0 Å². The Morgan fingerprint density at radius 1 is 1.10 bits per heavy atom. The van der Waals surface area contributed by atoms with Gasteiger partial charge in [0.1, 0.15) is 5.58 Å². The molecule has 1 aliphatic carbocycles. The first-order valence-electron chi connectivity index (χ1n) is 10.6. The van der Waals surface area contributed by atoms with Crippen molar-refractivity contribution in [1.29, 1.82) is 0 Å². The Bertz CT molecular complexity index is 985. The highest BCUT2D eigenvalue weighted by Gasteiger charge is 2.19. The normalized spacial score (nSPS) is 15.1. The van der Waals surface area contributed by atoms with Crippen molar-refractivity contribution >= 4 is 22.6 Å². The molecule has 152 valence electrons. The van der Waals surface area contributed by atoms with Crippen molar-refractivity contribution in [2.24, 2.45) is 0 Å². The molecule has 1 saturated carbocycles. The smallest absolute Gasteiger partial charge is 0.228 e. The number of anilines is 1. The van der Waals surface area contributed by atoms with Crippen molar-refractivity contribution in [3.05, 3.63) is 65.4 Å². The number of carbonyl (C=O) groups excluding carboxylic acids is 1. The molecule has 4 heteroatoms. The van der Waals surface area contributed by atoms with Gasteiger partial charge in [-0.15, -0.1) is 0 Å². The molecule has 0 spiro atoms. The van der Waals surface area contributed by atoms with Crippen LogP contribution in [0.5, 0.6) is 0 Å². The van der Waals surface area contributed by atoms with E-state index in [9.17, 15) is 4.79 Å². The van der Waals surface area contributed by atoms with Crippen LogP contribution in [0.15, 0.2) is 53.1 Å². The second-order valence-electron chi connectivity index (χ2n) is 8.35. The Morgan fingerprint density at radius 2 is 1.90 bits per heavy atom. The molecule has 1 fully saturated rings. The summed E-state index contributed by atoms with van der Waals surface area (Å²) in [7, 11) is 2.20. The van der Waals surface area contributed by atoms with Crippen molar-refractivity contribution in [3.8, 4) is 0 Å². The van der Waals surface area contributed by atoms with Crippen LogP contribution in [-0.4, -0.2) is 23.9 Å². The van der Waals surface area contributed by atoms with Gasteiger partial charge in [-0.2, -0.15) is 0 Å². The molecule has 1 aromatic heterocycles. The molecule has 0 radical (unpaired) electrons. The number of rotatable bonds is 6. The van der Waals surface area contributed by atoms with E-state index in [1.807, 2.05) is 37.3 Å². The SMILES string of the molecule is Cc1ccc2c(CC(=O)Nc3ccccc3CN(C)C3CCCCC3)coc2c1. The first-order chi connectivity index (χ1) is 14.1. The Morgan fingerprint density at radius 3 is 2.72 bits per heavy atom. The van der Waals surface area contributed by atoms with Crippen LogP contribution in [0.1, 0.15) is 48.8 Å². The van der Waals surface area contributed by atoms with Crippen LogP contribution < -0.4 is 5.32 Å². The minimum atomic E-state index is -0.0129. The molecule has 4 nitrogen and oxygen atoms in total. The molecule has 29 heavy (non-hydrogen) atoms. The van der Waals surface area contributed by atoms with Crippen molar-refractivity contribution in [1.82, 2.24) is 4.90 Å². The number of para-hydroxylation sites is 1. The summed E-state index contributed by atoms with van der Waals surface area (Å²) in [6, 6.07) is 14.9. The third kappa shape index (κ3) is 4.70. The van der Waals surface area contributed by atoms with Crippen LogP contribution in [-0.2, 0) is 17.8 Å². The molecule has 4 rings (SSSR count). The molecule has 3 aromatic rings. The minimum absolute atomic E-state index is 0.0129. The summed E-state index contributed by atoms with van der Waals surface area (Å²) in [5.41, 5.74) is 4.99. The fourth-order valence-electron chi connectivity index (χ4n) is 4.39. The van der Waals surface area contributed by atoms with E-state index >= 15 is 0 Å². The minimum Gasteiger partial charge on any atom is -0.464 e. The van der Waals surface area contributed by atoms with E-state index in [0.717, 1.165) is 34.3 Å². The second-order valence-corrected chi connectivity index (χ2v) is 8.35. The topological polar surface area (TPSA) is 45.5 Å². The van der Waals surface area contributed by atoms with E-state index in [1.54, 1.807) is 6.26 Å². The Kier molecular flexibility index (Phi) is 6.00. The fourth-order valence-corrected chi connectivity index (χ4v) is 4.39. The molecule has 0 aliphatic heterocycles. The monoisotopic (exact) mass is 390 g/mol. The number of nitrogens with zero attached hydrogens (tertiary/aromatic N) is 1. The molecular weight excluding hydrogens is 360 g/mol. The number of nitrogens with one attached hydrogen (secondary N) is 1.